The van der Waals surface area contributed by atoms with Crippen LogP contribution in [0.5, 0.6) is 0 Å². The highest BCUT2D eigenvalue weighted by Gasteiger charge is 2.32. The van der Waals surface area contributed by atoms with E-state index in [-0.39, 0.29) is 24.7 Å². The molecule has 0 N–H and O–H groups in total. The Labute approximate surface area is 130 Å². The molecule has 1 aromatic rings. The summed E-state index contributed by atoms with van der Waals surface area (Å²) < 4.78 is 17.8. The van der Waals surface area contributed by atoms with Crippen molar-refractivity contribution in [3.8, 4) is 0 Å². The molecule has 7 heteroatoms. The quantitative estimate of drug-likeness (QED) is 0.484. The molecule has 1 aliphatic heterocycles. The monoisotopic (exact) mass is 325 g/mol. The molecule has 0 saturated carbocycles. The molecule has 0 atom stereocenters. The molecule has 0 aliphatic carbocycles. The largest absolute Gasteiger partial charge is 0.469 e. The van der Waals surface area contributed by atoms with Gasteiger partial charge in [-0.05, 0) is 23.8 Å². The van der Waals surface area contributed by atoms with Crippen molar-refractivity contribution < 1.29 is 18.7 Å². The first-order valence-corrected chi connectivity index (χ1v) is 7.31. The molecule has 1 amide bonds. The van der Waals surface area contributed by atoms with Crippen LogP contribution in [0, 0.1) is 5.82 Å². The minimum Gasteiger partial charge on any atom is -0.469 e. The maximum absolute atomic E-state index is 12.8. The lowest BCUT2D eigenvalue weighted by molar-refractivity contribution is -0.140. The molecule has 1 aromatic carbocycles. The molecule has 0 radical (unpaired) electrons. The first-order valence-electron chi connectivity index (χ1n) is 6.09. The third-order valence-electron chi connectivity index (χ3n) is 2.81. The SMILES string of the molecule is COC(=O)CCN1C(=O)/C(=C\c2ccc(F)cc2)SC1=S. The van der Waals surface area contributed by atoms with Crippen molar-refractivity contribution in [2.24, 2.45) is 0 Å². The highest BCUT2D eigenvalue weighted by Crippen LogP contribution is 2.32. The Balaban J connectivity index is 2.10. The fourth-order valence-electron chi connectivity index (χ4n) is 1.71. The third kappa shape index (κ3) is 3.89. The average Bonchev–Trinajstić information content (AvgIpc) is 2.73. The van der Waals surface area contributed by atoms with E-state index >= 15 is 0 Å². The van der Waals surface area contributed by atoms with Crippen LogP contribution in [0.4, 0.5) is 4.39 Å². The van der Waals surface area contributed by atoms with Crippen molar-refractivity contribution in [2.45, 2.75) is 6.42 Å². The fourth-order valence-corrected chi connectivity index (χ4v) is 3.02. The number of halogens is 1. The number of rotatable bonds is 4. The van der Waals surface area contributed by atoms with Gasteiger partial charge >= 0.3 is 5.97 Å². The molecule has 0 unspecified atom stereocenters. The van der Waals surface area contributed by atoms with E-state index in [1.807, 2.05) is 0 Å². The lowest BCUT2D eigenvalue weighted by atomic mass is 10.2. The molecule has 1 fully saturated rings. The molecule has 1 aliphatic rings. The third-order valence-corrected chi connectivity index (χ3v) is 4.19. The molecular weight excluding hydrogens is 313 g/mol. The van der Waals surface area contributed by atoms with Gasteiger partial charge in [0.15, 0.2) is 0 Å². The Morgan fingerprint density at radius 1 is 1.43 bits per heavy atom. The Morgan fingerprint density at radius 3 is 2.71 bits per heavy atom. The van der Waals surface area contributed by atoms with Crippen LogP contribution in [-0.4, -0.2) is 34.8 Å². The van der Waals surface area contributed by atoms with Crippen molar-refractivity contribution in [2.75, 3.05) is 13.7 Å². The Bertz CT molecular complexity index is 613. The van der Waals surface area contributed by atoms with E-state index in [0.717, 1.165) is 11.8 Å². The normalized spacial score (nSPS) is 16.7. The van der Waals surface area contributed by atoms with Gasteiger partial charge in [-0.2, -0.15) is 0 Å². The van der Waals surface area contributed by atoms with Gasteiger partial charge in [0.25, 0.3) is 5.91 Å². The second-order valence-corrected chi connectivity index (χ2v) is 5.89. The number of benzene rings is 1. The standard InChI is InChI=1S/C14H12FNO3S2/c1-19-12(17)6-7-16-13(18)11(21-14(16)20)8-9-2-4-10(15)5-3-9/h2-5,8H,6-7H2,1H3/b11-8+. The van der Waals surface area contributed by atoms with Gasteiger partial charge in [0.1, 0.15) is 10.1 Å². The van der Waals surface area contributed by atoms with Crippen LogP contribution in [0.25, 0.3) is 6.08 Å². The zero-order valence-electron chi connectivity index (χ0n) is 11.2. The Morgan fingerprint density at radius 2 is 2.10 bits per heavy atom. The van der Waals surface area contributed by atoms with E-state index in [1.165, 1.54) is 24.1 Å². The summed E-state index contributed by atoms with van der Waals surface area (Å²) in [6.07, 6.45) is 1.74. The van der Waals surface area contributed by atoms with Crippen LogP contribution in [0.1, 0.15) is 12.0 Å². The summed E-state index contributed by atoms with van der Waals surface area (Å²) in [7, 11) is 1.29. The number of hydrogen-bond donors (Lipinski definition) is 0. The number of carbonyl (C=O) groups is 2. The highest BCUT2D eigenvalue weighted by atomic mass is 32.2. The summed E-state index contributed by atoms with van der Waals surface area (Å²) in [5.74, 6) is -0.984. The molecule has 1 heterocycles. The maximum atomic E-state index is 12.8. The maximum Gasteiger partial charge on any atom is 0.307 e. The zero-order valence-corrected chi connectivity index (χ0v) is 12.8. The second-order valence-electron chi connectivity index (χ2n) is 4.21. The number of carbonyl (C=O) groups excluding carboxylic acids is 2. The van der Waals surface area contributed by atoms with Gasteiger partial charge in [-0.25, -0.2) is 4.39 Å². The van der Waals surface area contributed by atoms with Gasteiger partial charge in [-0.15, -0.1) is 0 Å². The molecule has 110 valence electrons. The number of esters is 1. The predicted molar refractivity (Wildman–Crippen MR) is 82.9 cm³/mol. The summed E-state index contributed by atoms with van der Waals surface area (Å²) in [5.41, 5.74) is 0.713. The van der Waals surface area contributed by atoms with Gasteiger partial charge in [0, 0.05) is 6.54 Å². The van der Waals surface area contributed by atoms with Crippen LogP contribution < -0.4 is 0 Å². The van der Waals surface area contributed by atoms with Gasteiger partial charge in [0.2, 0.25) is 0 Å². The lowest BCUT2D eigenvalue weighted by Gasteiger charge is -2.12. The number of hydrogen-bond acceptors (Lipinski definition) is 5. The zero-order chi connectivity index (χ0) is 15.4. The van der Waals surface area contributed by atoms with E-state index in [2.05, 4.69) is 4.74 Å². The molecule has 0 bridgehead atoms. The fraction of sp³-hybridized carbons (Fsp3) is 0.214. The highest BCUT2D eigenvalue weighted by molar-refractivity contribution is 8.26. The molecule has 0 spiro atoms. The topological polar surface area (TPSA) is 46.6 Å². The van der Waals surface area contributed by atoms with Crippen molar-refractivity contribution in [3.63, 3.8) is 0 Å². The minimum atomic E-state index is -0.397. The smallest absolute Gasteiger partial charge is 0.307 e. The summed E-state index contributed by atoms with van der Waals surface area (Å²) in [6, 6.07) is 5.81. The van der Waals surface area contributed by atoms with Crippen LogP contribution in [0.15, 0.2) is 29.2 Å². The summed E-state index contributed by atoms with van der Waals surface area (Å²) in [4.78, 5) is 25.2. The minimum absolute atomic E-state index is 0.0900. The number of nitrogens with zero attached hydrogens (tertiary/aromatic N) is 1. The van der Waals surface area contributed by atoms with E-state index < -0.39 is 5.97 Å². The number of amides is 1. The first-order chi connectivity index (χ1) is 10.0. The molecule has 0 aromatic heterocycles. The van der Waals surface area contributed by atoms with Crippen LogP contribution in [-0.2, 0) is 14.3 Å². The Hall–Kier alpha value is -1.73. The predicted octanol–water partition coefficient (Wildman–Crippen LogP) is 2.59. The van der Waals surface area contributed by atoms with Crippen molar-refractivity contribution in [3.05, 3.63) is 40.6 Å². The summed E-state index contributed by atoms with van der Waals surface area (Å²) in [6.45, 7) is 0.193. The van der Waals surface area contributed by atoms with E-state index in [4.69, 9.17) is 12.2 Å². The van der Waals surface area contributed by atoms with Crippen molar-refractivity contribution >= 4 is 46.3 Å². The van der Waals surface area contributed by atoms with E-state index in [0.29, 0.717) is 14.8 Å². The molecule has 2 rings (SSSR count). The van der Waals surface area contributed by atoms with Crippen molar-refractivity contribution in [1.82, 2.24) is 4.90 Å². The first kappa shape index (κ1) is 15.7. The molecular formula is C14H12FNO3S2. The molecule has 1 saturated heterocycles. The number of thioether (sulfide) groups is 1. The Kier molecular flexibility index (Phi) is 5.08. The van der Waals surface area contributed by atoms with Gasteiger partial charge in [-0.3, -0.25) is 14.5 Å². The number of methoxy groups -OCH3 is 1. The van der Waals surface area contributed by atoms with Crippen LogP contribution >= 0.6 is 24.0 Å². The average molecular weight is 325 g/mol. The van der Waals surface area contributed by atoms with E-state index in [9.17, 15) is 14.0 Å². The summed E-state index contributed by atoms with van der Waals surface area (Å²) >= 11 is 6.30. The number of thiocarbonyl (C=S) groups is 1. The lowest BCUT2D eigenvalue weighted by Crippen LogP contribution is -2.30. The van der Waals surface area contributed by atoms with Crippen molar-refractivity contribution in [1.29, 1.82) is 0 Å². The number of ether oxygens (including phenoxy) is 1. The second kappa shape index (κ2) is 6.82. The van der Waals surface area contributed by atoms with Crippen LogP contribution in [0.3, 0.4) is 0 Å². The molecule has 4 nitrogen and oxygen atoms in total. The van der Waals surface area contributed by atoms with Gasteiger partial charge < -0.3 is 4.74 Å². The molecule has 21 heavy (non-hydrogen) atoms. The summed E-state index contributed by atoms with van der Waals surface area (Å²) in [5, 5.41) is 0. The van der Waals surface area contributed by atoms with Gasteiger partial charge in [0.05, 0.1) is 18.4 Å². The van der Waals surface area contributed by atoms with Gasteiger partial charge in [-0.1, -0.05) is 36.1 Å². The van der Waals surface area contributed by atoms with Crippen LogP contribution in [0.2, 0.25) is 0 Å². The van der Waals surface area contributed by atoms with E-state index in [1.54, 1.807) is 18.2 Å².